The highest BCUT2D eigenvalue weighted by molar-refractivity contribution is 5.83. The Bertz CT molecular complexity index is 676. The van der Waals surface area contributed by atoms with E-state index in [2.05, 4.69) is 47.9 Å². The molecule has 0 fully saturated rings. The molecule has 0 amide bonds. The van der Waals surface area contributed by atoms with Crippen molar-refractivity contribution in [1.29, 1.82) is 0 Å². The Morgan fingerprint density at radius 3 is 2.60 bits per heavy atom. The van der Waals surface area contributed by atoms with E-state index in [0.29, 0.717) is 0 Å². The molecular formula is C17H18N2O. The molecule has 1 atom stereocenters. The minimum absolute atomic E-state index is 0.129. The van der Waals surface area contributed by atoms with Crippen molar-refractivity contribution in [2.75, 3.05) is 0 Å². The van der Waals surface area contributed by atoms with E-state index in [1.807, 2.05) is 12.1 Å². The topological polar surface area (TPSA) is 51.2 Å². The quantitative estimate of drug-likeness (QED) is 0.548. The summed E-state index contributed by atoms with van der Waals surface area (Å²) >= 11 is 0. The van der Waals surface area contributed by atoms with Crippen molar-refractivity contribution in [3.63, 3.8) is 0 Å². The van der Waals surface area contributed by atoms with Crippen molar-refractivity contribution in [3.05, 3.63) is 72.2 Å². The Balaban J connectivity index is 1.79. The van der Waals surface area contributed by atoms with Gasteiger partial charge >= 0.3 is 0 Å². The van der Waals surface area contributed by atoms with Crippen LogP contribution in [-0.4, -0.2) is 0 Å². The van der Waals surface area contributed by atoms with Crippen LogP contribution in [-0.2, 0) is 6.42 Å². The van der Waals surface area contributed by atoms with Crippen molar-refractivity contribution >= 4 is 10.8 Å². The molecule has 0 aliphatic heterocycles. The van der Waals surface area contributed by atoms with Gasteiger partial charge in [0, 0.05) is 12.5 Å². The van der Waals surface area contributed by atoms with Gasteiger partial charge in [-0.05, 0) is 41.0 Å². The zero-order valence-corrected chi connectivity index (χ0v) is 11.3. The molecule has 20 heavy (non-hydrogen) atoms. The minimum atomic E-state index is 0.129. The highest BCUT2D eigenvalue weighted by atomic mass is 16.3. The Hall–Kier alpha value is -2.10. The SMILES string of the molecule is NNC(CCc1ccco1)c1ccc2ccccc2c1. The largest absolute Gasteiger partial charge is 0.469 e. The summed E-state index contributed by atoms with van der Waals surface area (Å²) < 4.78 is 5.37. The van der Waals surface area contributed by atoms with Gasteiger partial charge in [-0.25, -0.2) is 0 Å². The number of nitrogens with two attached hydrogens (primary N) is 1. The second kappa shape index (κ2) is 5.90. The van der Waals surface area contributed by atoms with Crippen LogP contribution in [0.15, 0.2) is 65.3 Å². The number of hydrogen-bond donors (Lipinski definition) is 2. The summed E-state index contributed by atoms with van der Waals surface area (Å²) in [6.45, 7) is 0. The highest BCUT2D eigenvalue weighted by Gasteiger charge is 2.11. The van der Waals surface area contributed by atoms with Crippen LogP contribution in [0.3, 0.4) is 0 Å². The molecule has 0 aliphatic rings. The van der Waals surface area contributed by atoms with Gasteiger partial charge in [0.15, 0.2) is 0 Å². The summed E-state index contributed by atoms with van der Waals surface area (Å²) in [5, 5.41) is 2.49. The molecule has 0 radical (unpaired) electrons. The van der Waals surface area contributed by atoms with Gasteiger partial charge in [0.05, 0.1) is 6.26 Å². The third-order valence-corrected chi connectivity index (χ3v) is 3.64. The van der Waals surface area contributed by atoms with Crippen LogP contribution >= 0.6 is 0 Å². The lowest BCUT2D eigenvalue weighted by atomic mass is 9.98. The fourth-order valence-corrected chi connectivity index (χ4v) is 2.51. The summed E-state index contributed by atoms with van der Waals surface area (Å²) in [4.78, 5) is 0. The first kappa shape index (κ1) is 12.9. The van der Waals surface area contributed by atoms with Crippen LogP contribution in [0.25, 0.3) is 10.8 Å². The van der Waals surface area contributed by atoms with Gasteiger partial charge in [-0.1, -0.05) is 36.4 Å². The minimum Gasteiger partial charge on any atom is -0.469 e. The molecule has 0 saturated carbocycles. The molecule has 3 nitrogen and oxygen atoms in total. The van der Waals surface area contributed by atoms with Gasteiger partial charge in [0.2, 0.25) is 0 Å². The zero-order chi connectivity index (χ0) is 13.8. The van der Waals surface area contributed by atoms with Crippen LogP contribution < -0.4 is 11.3 Å². The van der Waals surface area contributed by atoms with Crippen molar-refractivity contribution in [1.82, 2.24) is 5.43 Å². The van der Waals surface area contributed by atoms with Crippen molar-refractivity contribution < 1.29 is 4.42 Å². The predicted octanol–water partition coefficient (Wildman–Crippen LogP) is 3.57. The lowest BCUT2D eigenvalue weighted by Gasteiger charge is -2.16. The van der Waals surface area contributed by atoms with Gasteiger partial charge in [-0.3, -0.25) is 11.3 Å². The normalized spacial score (nSPS) is 12.7. The lowest BCUT2D eigenvalue weighted by Crippen LogP contribution is -2.28. The molecule has 3 rings (SSSR count). The van der Waals surface area contributed by atoms with Crippen LogP contribution in [0.4, 0.5) is 0 Å². The molecule has 1 heterocycles. The molecule has 102 valence electrons. The fraction of sp³-hybridized carbons (Fsp3) is 0.176. The van der Waals surface area contributed by atoms with Gasteiger partial charge in [-0.15, -0.1) is 0 Å². The molecule has 0 spiro atoms. The molecule has 0 bridgehead atoms. The average Bonchev–Trinajstić information content (AvgIpc) is 3.01. The number of hydrazine groups is 1. The molecule has 1 aromatic heterocycles. The van der Waals surface area contributed by atoms with E-state index in [0.717, 1.165) is 18.6 Å². The Morgan fingerprint density at radius 1 is 1.00 bits per heavy atom. The van der Waals surface area contributed by atoms with Crippen LogP contribution in [0, 0.1) is 0 Å². The third-order valence-electron chi connectivity index (χ3n) is 3.64. The monoisotopic (exact) mass is 266 g/mol. The van der Waals surface area contributed by atoms with E-state index in [1.54, 1.807) is 6.26 Å². The first-order valence-corrected chi connectivity index (χ1v) is 6.84. The number of furan rings is 1. The maximum absolute atomic E-state index is 5.71. The smallest absolute Gasteiger partial charge is 0.103 e. The number of nitrogens with one attached hydrogen (secondary N) is 1. The van der Waals surface area contributed by atoms with E-state index in [-0.39, 0.29) is 6.04 Å². The average molecular weight is 266 g/mol. The number of fused-ring (bicyclic) bond motifs is 1. The number of aryl methyl sites for hydroxylation is 1. The molecule has 1 unspecified atom stereocenters. The first-order valence-electron chi connectivity index (χ1n) is 6.84. The number of rotatable bonds is 5. The van der Waals surface area contributed by atoms with Crippen molar-refractivity contribution in [3.8, 4) is 0 Å². The molecule has 3 aromatic rings. The molecular weight excluding hydrogens is 248 g/mol. The Labute approximate surface area is 118 Å². The maximum atomic E-state index is 5.71. The highest BCUT2D eigenvalue weighted by Crippen LogP contribution is 2.23. The van der Waals surface area contributed by atoms with E-state index in [4.69, 9.17) is 10.3 Å². The van der Waals surface area contributed by atoms with Crippen LogP contribution in [0.2, 0.25) is 0 Å². The molecule has 2 aromatic carbocycles. The Morgan fingerprint density at radius 2 is 1.85 bits per heavy atom. The van der Waals surface area contributed by atoms with E-state index < -0.39 is 0 Å². The maximum Gasteiger partial charge on any atom is 0.103 e. The summed E-state index contributed by atoms with van der Waals surface area (Å²) in [7, 11) is 0. The van der Waals surface area contributed by atoms with Gasteiger partial charge in [0.1, 0.15) is 5.76 Å². The van der Waals surface area contributed by atoms with Gasteiger partial charge in [-0.2, -0.15) is 0 Å². The Kier molecular flexibility index (Phi) is 3.81. The second-order valence-electron chi connectivity index (χ2n) is 4.94. The van der Waals surface area contributed by atoms with E-state index in [1.165, 1.54) is 16.3 Å². The molecule has 0 saturated heterocycles. The fourth-order valence-electron chi connectivity index (χ4n) is 2.51. The van der Waals surface area contributed by atoms with Crippen molar-refractivity contribution in [2.24, 2.45) is 5.84 Å². The summed E-state index contributed by atoms with van der Waals surface area (Å²) in [6, 6.07) is 18.9. The summed E-state index contributed by atoms with van der Waals surface area (Å²) in [6.07, 6.45) is 3.48. The van der Waals surface area contributed by atoms with E-state index >= 15 is 0 Å². The van der Waals surface area contributed by atoms with Crippen LogP contribution in [0.1, 0.15) is 23.8 Å². The molecule has 3 heteroatoms. The second-order valence-corrected chi connectivity index (χ2v) is 4.94. The third kappa shape index (κ3) is 2.74. The van der Waals surface area contributed by atoms with Crippen LogP contribution in [0.5, 0.6) is 0 Å². The number of benzene rings is 2. The van der Waals surface area contributed by atoms with Crippen molar-refractivity contribution in [2.45, 2.75) is 18.9 Å². The predicted molar refractivity (Wildman–Crippen MR) is 81.0 cm³/mol. The van der Waals surface area contributed by atoms with E-state index in [9.17, 15) is 0 Å². The molecule has 0 aliphatic carbocycles. The van der Waals surface area contributed by atoms with Gasteiger partial charge in [0.25, 0.3) is 0 Å². The summed E-state index contributed by atoms with van der Waals surface area (Å²) in [5.74, 6) is 6.70. The molecule has 3 N–H and O–H groups in total. The van der Waals surface area contributed by atoms with Gasteiger partial charge < -0.3 is 4.42 Å². The first-order chi connectivity index (χ1) is 9.86. The summed E-state index contributed by atoms with van der Waals surface area (Å²) in [5.41, 5.74) is 4.11. The standard InChI is InChI=1S/C17H18N2O/c18-19-17(10-9-16-6-3-11-20-16)15-8-7-13-4-1-2-5-14(13)12-15/h1-8,11-12,17,19H,9-10,18H2. The number of hydrogen-bond acceptors (Lipinski definition) is 3. The zero-order valence-electron chi connectivity index (χ0n) is 11.3. The lowest BCUT2D eigenvalue weighted by molar-refractivity contribution is 0.459.